The second-order valence-electron chi connectivity index (χ2n) is 7.21. The minimum Gasteiger partial charge on any atom is -0.481 e. The Labute approximate surface area is 191 Å². The Morgan fingerprint density at radius 1 is 1.21 bits per heavy atom. The van der Waals surface area contributed by atoms with Crippen molar-refractivity contribution in [1.82, 2.24) is 20.5 Å². The maximum Gasteiger partial charge on any atom is 0.213 e. The smallest absolute Gasteiger partial charge is 0.213 e. The summed E-state index contributed by atoms with van der Waals surface area (Å²) in [4.78, 5) is 11.7. The SMILES string of the molecule is CCNC(=NCc1cccc(OC)n1)NC1CC(C)N(Cc2ccccc2)C1.I. The molecule has 0 bridgehead atoms. The highest BCUT2D eigenvalue weighted by Crippen LogP contribution is 2.20. The number of likely N-dealkylation sites (tertiary alicyclic amines) is 1. The summed E-state index contributed by atoms with van der Waals surface area (Å²) < 4.78 is 5.19. The topological polar surface area (TPSA) is 61.8 Å². The molecule has 0 saturated carbocycles. The standard InChI is InChI=1S/C22H31N5O.HI/c1-4-23-22(24-14-19-11-8-12-21(25-19)28-3)26-20-13-17(2)27(16-20)15-18-9-6-5-7-10-18;/h5-12,17,20H,4,13-16H2,1-3H3,(H2,23,24,26);1H. The quantitative estimate of drug-likeness (QED) is 0.340. The number of hydrogen-bond donors (Lipinski definition) is 2. The lowest BCUT2D eigenvalue weighted by molar-refractivity contribution is 0.258. The van der Waals surface area contributed by atoms with Gasteiger partial charge in [0.25, 0.3) is 0 Å². The van der Waals surface area contributed by atoms with Crippen molar-refractivity contribution in [2.24, 2.45) is 4.99 Å². The zero-order valence-electron chi connectivity index (χ0n) is 17.5. The maximum absolute atomic E-state index is 5.19. The van der Waals surface area contributed by atoms with Crippen LogP contribution in [0.5, 0.6) is 5.88 Å². The molecule has 1 aromatic carbocycles. The Morgan fingerprint density at radius 2 is 2.00 bits per heavy atom. The second-order valence-corrected chi connectivity index (χ2v) is 7.21. The highest BCUT2D eigenvalue weighted by molar-refractivity contribution is 14.0. The molecule has 2 heterocycles. The maximum atomic E-state index is 5.19. The van der Waals surface area contributed by atoms with E-state index in [1.807, 2.05) is 18.2 Å². The summed E-state index contributed by atoms with van der Waals surface area (Å²) >= 11 is 0. The van der Waals surface area contributed by atoms with Gasteiger partial charge in [-0.05, 0) is 31.9 Å². The number of aromatic nitrogens is 1. The molecule has 7 heteroatoms. The van der Waals surface area contributed by atoms with Crippen LogP contribution in [0.2, 0.25) is 0 Å². The van der Waals surface area contributed by atoms with Crippen LogP contribution >= 0.6 is 24.0 Å². The van der Waals surface area contributed by atoms with Crippen LogP contribution in [0, 0.1) is 0 Å². The second kappa shape index (κ2) is 12.0. The third-order valence-corrected chi connectivity index (χ3v) is 5.01. The first-order valence-electron chi connectivity index (χ1n) is 10.0. The lowest BCUT2D eigenvalue weighted by Gasteiger charge is -2.21. The van der Waals surface area contributed by atoms with E-state index in [0.29, 0.717) is 24.5 Å². The third kappa shape index (κ3) is 7.15. The van der Waals surface area contributed by atoms with Crippen LogP contribution in [0.1, 0.15) is 31.5 Å². The van der Waals surface area contributed by atoms with Crippen LogP contribution in [-0.4, -0.2) is 48.1 Å². The van der Waals surface area contributed by atoms with E-state index >= 15 is 0 Å². The summed E-state index contributed by atoms with van der Waals surface area (Å²) in [6, 6.07) is 17.3. The summed E-state index contributed by atoms with van der Waals surface area (Å²) in [5, 5.41) is 6.95. The lowest BCUT2D eigenvalue weighted by Crippen LogP contribution is -2.44. The van der Waals surface area contributed by atoms with Gasteiger partial charge in [0.2, 0.25) is 5.88 Å². The molecule has 158 valence electrons. The van der Waals surface area contributed by atoms with Crippen molar-refractivity contribution in [1.29, 1.82) is 0 Å². The van der Waals surface area contributed by atoms with E-state index in [-0.39, 0.29) is 24.0 Å². The van der Waals surface area contributed by atoms with Gasteiger partial charge >= 0.3 is 0 Å². The summed E-state index contributed by atoms with van der Waals surface area (Å²) in [5.41, 5.74) is 2.25. The minimum atomic E-state index is 0. The molecule has 1 aliphatic rings. The molecule has 6 nitrogen and oxygen atoms in total. The Balaban J connectivity index is 0.00000300. The minimum absolute atomic E-state index is 0. The molecule has 1 fully saturated rings. The molecular weight excluding hydrogens is 477 g/mol. The number of hydrogen-bond acceptors (Lipinski definition) is 4. The molecule has 1 aromatic heterocycles. The van der Waals surface area contributed by atoms with Crippen LogP contribution in [-0.2, 0) is 13.1 Å². The van der Waals surface area contributed by atoms with Gasteiger partial charge in [-0.1, -0.05) is 36.4 Å². The van der Waals surface area contributed by atoms with E-state index in [1.54, 1.807) is 7.11 Å². The van der Waals surface area contributed by atoms with Gasteiger partial charge in [0, 0.05) is 37.8 Å². The first-order valence-corrected chi connectivity index (χ1v) is 10.0. The average molecular weight is 509 g/mol. The van der Waals surface area contributed by atoms with Gasteiger partial charge < -0.3 is 15.4 Å². The number of nitrogens with one attached hydrogen (secondary N) is 2. The number of nitrogens with zero attached hydrogens (tertiary/aromatic N) is 3. The number of ether oxygens (including phenoxy) is 1. The highest BCUT2D eigenvalue weighted by atomic mass is 127. The van der Waals surface area contributed by atoms with Crippen LogP contribution in [0.25, 0.3) is 0 Å². The Hall–Kier alpha value is -1.87. The molecule has 0 amide bonds. The highest BCUT2D eigenvalue weighted by Gasteiger charge is 2.29. The normalized spacial score (nSPS) is 19.5. The van der Waals surface area contributed by atoms with E-state index in [1.165, 1.54) is 5.56 Å². The lowest BCUT2D eigenvalue weighted by atomic mass is 10.2. The van der Waals surface area contributed by atoms with Gasteiger partial charge in [0.1, 0.15) is 0 Å². The summed E-state index contributed by atoms with van der Waals surface area (Å²) in [6.45, 7) is 7.73. The molecule has 0 radical (unpaired) electrons. The van der Waals surface area contributed by atoms with Gasteiger partial charge in [-0.3, -0.25) is 4.90 Å². The fourth-order valence-electron chi connectivity index (χ4n) is 3.57. The first kappa shape index (κ1) is 23.4. The molecule has 29 heavy (non-hydrogen) atoms. The number of benzene rings is 1. The van der Waals surface area contributed by atoms with Crippen molar-refractivity contribution in [3.63, 3.8) is 0 Å². The van der Waals surface area contributed by atoms with Gasteiger partial charge in [-0.25, -0.2) is 9.98 Å². The Morgan fingerprint density at radius 3 is 2.72 bits per heavy atom. The van der Waals surface area contributed by atoms with Gasteiger partial charge in [-0.2, -0.15) is 0 Å². The fourth-order valence-corrected chi connectivity index (χ4v) is 3.57. The van der Waals surface area contributed by atoms with Crippen LogP contribution in [0.3, 0.4) is 0 Å². The van der Waals surface area contributed by atoms with Crippen molar-refractivity contribution < 1.29 is 4.74 Å². The molecule has 0 spiro atoms. The zero-order valence-corrected chi connectivity index (χ0v) is 19.8. The molecule has 2 aromatic rings. The largest absolute Gasteiger partial charge is 0.481 e. The van der Waals surface area contributed by atoms with Crippen LogP contribution in [0.4, 0.5) is 0 Å². The summed E-state index contributed by atoms with van der Waals surface area (Å²) in [6.07, 6.45) is 1.11. The summed E-state index contributed by atoms with van der Waals surface area (Å²) in [5.74, 6) is 1.46. The number of halogens is 1. The Bertz CT molecular complexity index is 771. The van der Waals surface area contributed by atoms with Gasteiger partial charge in [0.05, 0.1) is 19.3 Å². The third-order valence-electron chi connectivity index (χ3n) is 5.01. The monoisotopic (exact) mass is 509 g/mol. The fraction of sp³-hybridized carbons (Fsp3) is 0.455. The predicted octanol–water partition coefficient (Wildman–Crippen LogP) is 3.43. The van der Waals surface area contributed by atoms with E-state index < -0.39 is 0 Å². The number of guanidine groups is 1. The molecule has 1 aliphatic heterocycles. The number of methoxy groups -OCH3 is 1. The van der Waals surface area contributed by atoms with Crippen LogP contribution in [0.15, 0.2) is 53.5 Å². The summed E-state index contributed by atoms with van der Waals surface area (Å²) in [7, 11) is 1.63. The van der Waals surface area contributed by atoms with Gasteiger partial charge in [0.15, 0.2) is 5.96 Å². The van der Waals surface area contributed by atoms with Crippen molar-refractivity contribution in [3.05, 3.63) is 59.8 Å². The van der Waals surface area contributed by atoms with Crippen molar-refractivity contribution in [2.45, 2.75) is 45.4 Å². The first-order chi connectivity index (χ1) is 13.7. The average Bonchev–Trinajstić information content (AvgIpc) is 3.06. The van der Waals surface area contributed by atoms with Crippen molar-refractivity contribution in [3.8, 4) is 5.88 Å². The van der Waals surface area contributed by atoms with E-state index in [2.05, 4.69) is 64.7 Å². The van der Waals surface area contributed by atoms with E-state index in [0.717, 1.165) is 37.7 Å². The number of rotatable bonds is 7. The van der Waals surface area contributed by atoms with E-state index in [4.69, 9.17) is 9.73 Å². The molecule has 1 saturated heterocycles. The van der Waals surface area contributed by atoms with Crippen molar-refractivity contribution in [2.75, 3.05) is 20.2 Å². The molecule has 3 rings (SSSR count). The van der Waals surface area contributed by atoms with Gasteiger partial charge in [-0.15, -0.1) is 24.0 Å². The number of aliphatic imine (C=N–C) groups is 1. The molecule has 2 atom stereocenters. The van der Waals surface area contributed by atoms with Crippen LogP contribution < -0.4 is 15.4 Å². The predicted molar refractivity (Wildman–Crippen MR) is 129 cm³/mol. The zero-order chi connectivity index (χ0) is 19.8. The molecule has 2 N–H and O–H groups in total. The molecule has 2 unspecified atom stereocenters. The Kier molecular flexibility index (Phi) is 9.66. The van der Waals surface area contributed by atoms with E-state index in [9.17, 15) is 0 Å². The van der Waals surface area contributed by atoms with Crippen molar-refractivity contribution >= 4 is 29.9 Å². The molecule has 0 aliphatic carbocycles. The number of pyridine rings is 1. The molecular formula is C22H32IN5O.